The molecule has 1 rings (SSSR count). The molecule has 1 aromatic heterocycles. The minimum absolute atomic E-state index is 0.0424. The van der Waals surface area contributed by atoms with E-state index < -0.39 is 22.3 Å². The van der Waals surface area contributed by atoms with Crippen LogP contribution in [-0.2, 0) is 4.79 Å². The number of carboxylic acids is 1. The number of hydrogen-bond donors (Lipinski definition) is 3. The van der Waals surface area contributed by atoms with Gasteiger partial charge < -0.3 is 15.4 Å². The molecule has 0 saturated carbocycles. The predicted octanol–water partition coefficient (Wildman–Crippen LogP) is 1.30. The summed E-state index contributed by atoms with van der Waals surface area (Å²) in [7, 11) is 0. The fraction of sp³-hybridized carbons (Fsp3) is 0.455. The first-order valence-electron chi connectivity index (χ1n) is 5.75. The number of nitrogens with zero attached hydrogens (tertiary/aromatic N) is 1. The second-order valence-corrected chi connectivity index (χ2v) is 4.08. The fourth-order valence-corrected chi connectivity index (χ4v) is 1.69. The van der Waals surface area contributed by atoms with Crippen LogP contribution in [0, 0.1) is 10.1 Å². The number of H-pyrrole nitrogens is 1. The summed E-state index contributed by atoms with van der Waals surface area (Å²) in [5.41, 5.74) is -1.66. The van der Waals surface area contributed by atoms with Crippen molar-refractivity contribution in [2.75, 3.05) is 0 Å². The Morgan fingerprint density at radius 2 is 2.05 bits per heavy atom. The highest BCUT2D eigenvalue weighted by Gasteiger charge is 2.37. The van der Waals surface area contributed by atoms with Crippen molar-refractivity contribution in [1.82, 2.24) is 10.3 Å². The maximum Gasteiger partial charge on any atom is 0.329 e. The maximum absolute atomic E-state index is 11.9. The Morgan fingerprint density at radius 3 is 2.42 bits per heavy atom. The molecule has 0 radical (unpaired) electrons. The number of hydrogen-bond acceptors (Lipinski definition) is 4. The van der Waals surface area contributed by atoms with Gasteiger partial charge >= 0.3 is 5.97 Å². The van der Waals surface area contributed by atoms with E-state index in [1.165, 1.54) is 0 Å². The molecule has 8 heteroatoms. The first-order valence-corrected chi connectivity index (χ1v) is 5.75. The molecular weight excluding hydrogens is 254 g/mol. The van der Waals surface area contributed by atoms with Crippen molar-refractivity contribution in [3.63, 3.8) is 0 Å². The average molecular weight is 269 g/mol. The van der Waals surface area contributed by atoms with Gasteiger partial charge in [0.1, 0.15) is 11.2 Å². The van der Waals surface area contributed by atoms with Crippen LogP contribution in [0.15, 0.2) is 12.3 Å². The van der Waals surface area contributed by atoms with Gasteiger partial charge in [0.2, 0.25) is 0 Å². The number of carbonyl (C=O) groups excluding carboxylic acids is 1. The van der Waals surface area contributed by atoms with Crippen LogP contribution in [0.25, 0.3) is 0 Å². The molecule has 19 heavy (non-hydrogen) atoms. The van der Waals surface area contributed by atoms with E-state index in [0.717, 1.165) is 12.3 Å². The maximum atomic E-state index is 11.9. The van der Waals surface area contributed by atoms with Crippen LogP contribution in [0.4, 0.5) is 5.69 Å². The lowest BCUT2D eigenvalue weighted by Gasteiger charge is -2.27. The molecule has 0 aliphatic rings. The fourth-order valence-electron chi connectivity index (χ4n) is 1.69. The Hall–Kier alpha value is -2.38. The van der Waals surface area contributed by atoms with Crippen molar-refractivity contribution in [1.29, 1.82) is 0 Å². The second kappa shape index (κ2) is 5.51. The van der Waals surface area contributed by atoms with Gasteiger partial charge in [-0.05, 0) is 12.8 Å². The SMILES string of the molecule is CCC(CC)(NC(=O)c1cc([N+](=O)[O-])c[nH]1)C(=O)O. The average Bonchev–Trinajstić information content (AvgIpc) is 2.85. The highest BCUT2D eigenvalue weighted by atomic mass is 16.6. The molecule has 0 unspecified atom stereocenters. The van der Waals surface area contributed by atoms with Crippen molar-refractivity contribution >= 4 is 17.6 Å². The summed E-state index contributed by atoms with van der Waals surface area (Å²) in [4.78, 5) is 35.4. The van der Waals surface area contributed by atoms with Crippen molar-refractivity contribution in [3.05, 3.63) is 28.1 Å². The Balaban J connectivity index is 2.94. The third kappa shape index (κ3) is 2.90. The number of aromatic nitrogens is 1. The highest BCUT2D eigenvalue weighted by molar-refractivity contribution is 5.97. The van der Waals surface area contributed by atoms with Gasteiger partial charge in [-0.15, -0.1) is 0 Å². The topological polar surface area (TPSA) is 125 Å². The quantitative estimate of drug-likeness (QED) is 0.530. The van der Waals surface area contributed by atoms with Gasteiger partial charge in [0, 0.05) is 6.07 Å². The highest BCUT2D eigenvalue weighted by Crippen LogP contribution is 2.18. The summed E-state index contributed by atoms with van der Waals surface area (Å²) in [6.07, 6.45) is 1.51. The second-order valence-electron chi connectivity index (χ2n) is 4.08. The van der Waals surface area contributed by atoms with Crippen LogP contribution in [-0.4, -0.2) is 32.4 Å². The van der Waals surface area contributed by atoms with E-state index in [1.54, 1.807) is 13.8 Å². The van der Waals surface area contributed by atoms with Crippen molar-refractivity contribution in [3.8, 4) is 0 Å². The molecule has 0 saturated heterocycles. The Labute approximate surface area is 109 Å². The Kier molecular flexibility index (Phi) is 4.26. The summed E-state index contributed by atoms with van der Waals surface area (Å²) >= 11 is 0. The molecule has 0 atom stereocenters. The van der Waals surface area contributed by atoms with Gasteiger partial charge in [-0.1, -0.05) is 13.8 Å². The van der Waals surface area contributed by atoms with E-state index in [9.17, 15) is 24.8 Å². The summed E-state index contributed by atoms with van der Waals surface area (Å²) in [6, 6.07) is 1.06. The van der Waals surface area contributed by atoms with Crippen LogP contribution >= 0.6 is 0 Å². The molecule has 104 valence electrons. The lowest BCUT2D eigenvalue weighted by atomic mass is 9.93. The molecule has 0 aromatic carbocycles. The molecule has 0 spiro atoms. The number of rotatable bonds is 6. The smallest absolute Gasteiger partial charge is 0.329 e. The molecule has 3 N–H and O–H groups in total. The first-order chi connectivity index (χ1) is 8.86. The molecule has 0 aliphatic heterocycles. The Bertz CT molecular complexity index is 504. The van der Waals surface area contributed by atoms with Gasteiger partial charge in [0.15, 0.2) is 0 Å². The standard InChI is InChI=1S/C11H15N3O5/c1-3-11(4-2,10(16)17)13-9(15)8-5-7(6-12-8)14(18)19/h5-6,12H,3-4H2,1-2H3,(H,13,15)(H,16,17). The summed E-state index contributed by atoms with van der Waals surface area (Å²) in [5.74, 6) is -1.81. The lowest BCUT2D eigenvalue weighted by Crippen LogP contribution is -2.53. The minimum atomic E-state index is -1.36. The summed E-state index contributed by atoms with van der Waals surface area (Å²) in [6.45, 7) is 3.30. The van der Waals surface area contributed by atoms with E-state index in [2.05, 4.69) is 10.3 Å². The van der Waals surface area contributed by atoms with Crippen LogP contribution in [0.1, 0.15) is 37.2 Å². The number of amides is 1. The number of nitrogens with one attached hydrogen (secondary N) is 2. The normalized spacial score (nSPS) is 11.1. The van der Waals surface area contributed by atoms with Gasteiger partial charge in [0.05, 0.1) is 11.1 Å². The van der Waals surface area contributed by atoms with Crippen molar-refractivity contribution in [2.24, 2.45) is 0 Å². The molecule has 1 heterocycles. The van der Waals surface area contributed by atoms with E-state index in [4.69, 9.17) is 0 Å². The van der Waals surface area contributed by atoms with Crippen LogP contribution in [0.5, 0.6) is 0 Å². The van der Waals surface area contributed by atoms with Gasteiger partial charge in [-0.3, -0.25) is 14.9 Å². The zero-order valence-corrected chi connectivity index (χ0v) is 10.6. The molecule has 1 aromatic rings. The molecule has 0 aliphatic carbocycles. The number of carboxylic acid groups (broad SMARTS) is 1. The number of aromatic amines is 1. The minimum Gasteiger partial charge on any atom is -0.480 e. The lowest BCUT2D eigenvalue weighted by molar-refractivity contribution is -0.384. The molecule has 0 bridgehead atoms. The number of carbonyl (C=O) groups is 2. The van der Waals surface area contributed by atoms with Crippen LogP contribution in [0.3, 0.4) is 0 Å². The third-order valence-corrected chi connectivity index (χ3v) is 3.09. The number of nitro groups is 1. The van der Waals surface area contributed by atoms with E-state index in [0.29, 0.717) is 0 Å². The largest absolute Gasteiger partial charge is 0.480 e. The van der Waals surface area contributed by atoms with Gasteiger partial charge in [-0.2, -0.15) is 0 Å². The van der Waals surface area contributed by atoms with Crippen LogP contribution < -0.4 is 5.32 Å². The summed E-state index contributed by atoms with van der Waals surface area (Å²) in [5, 5.41) is 22.1. The van der Waals surface area contributed by atoms with E-state index >= 15 is 0 Å². The first kappa shape index (κ1) is 14.7. The Morgan fingerprint density at radius 1 is 1.47 bits per heavy atom. The monoisotopic (exact) mass is 269 g/mol. The summed E-state index contributed by atoms with van der Waals surface area (Å²) < 4.78 is 0. The zero-order valence-electron chi connectivity index (χ0n) is 10.6. The van der Waals surface area contributed by atoms with Crippen LogP contribution in [0.2, 0.25) is 0 Å². The molecule has 1 amide bonds. The van der Waals surface area contributed by atoms with Gasteiger partial charge in [-0.25, -0.2) is 4.79 Å². The number of aliphatic carboxylic acids is 1. The molecular formula is C11H15N3O5. The van der Waals surface area contributed by atoms with E-state index in [1.807, 2.05) is 0 Å². The van der Waals surface area contributed by atoms with Crippen molar-refractivity contribution in [2.45, 2.75) is 32.2 Å². The molecule has 8 nitrogen and oxygen atoms in total. The molecule has 0 fully saturated rings. The third-order valence-electron chi connectivity index (χ3n) is 3.09. The van der Waals surface area contributed by atoms with Crippen molar-refractivity contribution < 1.29 is 19.6 Å². The van der Waals surface area contributed by atoms with Gasteiger partial charge in [0.25, 0.3) is 11.6 Å². The predicted molar refractivity (Wildman–Crippen MR) is 65.9 cm³/mol. The van der Waals surface area contributed by atoms with E-state index in [-0.39, 0.29) is 24.2 Å². The zero-order chi connectivity index (χ0) is 14.6.